The van der Waals surface area contributed by atoms with Crippen LogP contribution in [0.3, 0.4) is 0 Å². The average Bonchev–Trinajstić information content (AvgIpc) is 2.89. The summed E-state index contributed by atoms with van der Waals surface area (Å²) in [5, 5.41) is 3.53. The van der Waals surface area contributed by atoms with Crippen molar-refractivity contribution in [2.75, 3.05) is 31.6 Å². The summed E-state index contributed by atoms with van der Waals surface area (Å²) < 4.78 is 5.58. The Balaban J connectivity index is 1.77. The van der Waals surface area contributed by atoms with Crippen molar-refractivity contribution in [3.8, 4) is 0 Å². The van der Waals surface area contributed by atoms with E-state index in [-0.39, 0.29) is 0 Å². The Morgan fingerprint density at radius 1 is 1.44 bits per heavy atom. The maximum Gasteiger partial charge on any atom is 0.0622 e. The molecule has 0 saturated carbocycles. The fourth-order valence-electron chi connectivity index (χ4n) is 3.03. The van der Waals surface area contributed by atoms with Crippen molar-refractivity contribution in [1.82, 2.24) is 4.90 Å². The van der Waals surface area contributed by atoms with Crippen LogP contribution in [-0.2, 0) is 17.7 Å². The van der Waals surface area contributed by atoms with E-state index in [1.54, 1.807) is 0 Å². The van der Waals surface area contributed by atoms with E-state index < -0.39 is 0 Å². The lowest BCUT2D eigenvalue weighted by Gasteiger charge is -2.35. The molecule has 18 heavy (non-hydrogen) atoms. The van der Waals surface area contributed by atoms with Gasteiger partial charge in [-0.15, -0.1) is 0 Å². The maximum absolute atomic E-state index is 5.58. The van der Waals surface area contributed by atoms with Crippen LogP contribution in [0.2, 0.25) is 0 Å². The molecular formula is C15H22N2O. The van der Waals surface area contributed by atoms with E-state index in [0.29, 0.717) is 6.04 Å². The third-order valence-electron chi connectivity index (χ3n) is 4.13. The van der Waals surface area contributed by atoms with Gasteiger partial charge in [0.2, 0.25) is 0 Å². The fourth-order valence-corrected chi connectivity index (χ4v) is 3.03. The van der Waals surface area contributed by atoms with E-state index >= 15 is 0 Å². The van der Waals surface area contributed by atoms with Crippen LogP contribution in [0, 0.1) is 0 Å². The Hall–Kier alpha value is -1.06. The Bertz CT molecular complexity index is 419. The molecular weight excluding hydrogens is 224 g/mol. The van der Waals surface area contributed by atoms with E-state index in [2.05, 4.69) is 35.3 Å². The summed E-state index contributed by atoms with van der Waals surface area (Å²) in [6, 6.07) is 7.29. The van der Waals surface area contributed by atoms with Crippen molar-refractivity contribution in [2.24, 2.45) is 0 Å². The van der Waals surface area contributed by atoms with E-state index in [1.165, 1.54) is 29.7 Å². The first-order valence-corrected chi connectivity index (χ1v) is 7.05. The van der Waals surface area contributed by atoms with Gasteiger partial charge in [0.15, 0.2) is 0 Å². The van der Waals surface area contributed by atoms with Crippen LogP contribution >= 0.6 is 0 Å². The number of nitrogens with zero attached hydrogens (tertiary/aromatic N) is 1. The maximum atomic E-state index is 5.58. The lowest BCUT2D eigenvalue weighted by molar-refractivity contribution is -0.0126. The van der Waals surface area contributed by atoms with Crippen LogP contribution in [0.15, 0.2) is 18.2 Å². The molecule has 1 fully saturated rings. The molecule has 0 aliphatic carbocycles. The summed E-state index contributed by atoms with van der Waals surface area (Å²) >= 11 is 0. The number of benzene rings is 1. The molecule has 1 unspecified atom stereocenters. The number of rotatable bonds is 3. The van der Waals surface area contributed by atoms with Gasteiger partial charge in [-0.05, 0) is 24.0 Å². The molecule has 3 heteroatoms. The van der Waals surface area contributed by atoms with Crippen molar-refractivity contribution in [2.45, 2.75) is 32.4 Å². The Kier molecular flexibility index (Phi) is 3.52. The summed E-state index contributed by atoms with van der Waals surface area (Å²) in [7, 11) is 0. The normalized spacial score (nSPS) is 23.7. The van der Waals surface area contributed by atoms with Crippen LogP contribution in [0.5, 0.6) is 0 Å². The molecule has 2 heterocycles. The number of nitrogens with one attached hydrogen (secondary N) is 1. The SMILES string of the molecule is CCC1COCCN1Cc1cccc2c1NCC2. The predicted molar refractivity (Wildman–Crippen MR) is 73.9 cm³/mol. The molecule has 2 aliphatic rings. The average molecular weight is 246 g/mol. The summed E-state index contributed by atoms with van der Waals surface area (Å²) in [6.45, 7) is 7.21. The quantitative estimate of drug-likeness (QED) is 0.885. The number of ether oxygens (including phenoxy) is 1. The highest BCUT2D eigenvalue weighted by Crippen LogP contribution is 2.28. The molecule has 1 aromatic rings. The number of anilines is 1. The summed E-state index contributed by atoms with van der Waals surface area (Å²) in [5.41, 5.74) is 4.32. The molecule has 0 amide bonds. The molecule has 0 radical (unpaired) electrons. The minimum atomic E-state index is 0.580. The molecule has 1 saturated heterocycles. The smallest absolute Gasteiger partial charge is 0.0622 e. The van der Waals surface area contributed by atoms with Gasteiger partial charge in [-0.3, -0.25) is 4.90 Å². The largest absolute Gasteiger partial charge is 0.384 e. The second kappa shape index (κ2) is 5.29. The monoisotopic (exact) mass is 246 g/mol. The molecule has 2 aliphatic heterocycles. The Labute approximate surface area is 109 Å². The molecule has 0 bridgehead atoms. The van der Waals surface area contributed by atoms with Crippen molar-refractivity contribution in [3.63, 3.8) is 0 Å². The van der Waals surface area contributed by atoms with Crippen LogP contribution in [0.25, 0.3) is 0 Å². The first kappa shape index (κ1) is 12.0. The Morgan fingerprint density at radius 3 is 3.28 bits per heavy atom. The van der Waals surface area contributed by atoms with Gasteiger partial charge in [0, 0.05) is 31.4 Å². The minimum absolute atomic E-state index is 0.580. The molecule has 3 rings (SSSR count). The molecule has 1 N–H and O–H groups in total. The number of fused-ring (bicyclic) bond motifs is 1. The zero-order valence-electron chi connectivity index (χ0n) is 11.1. The summed E-state index contributed by atoms with van der Waals surface area (Å²) in [5.74, 6) is 0. The molecule has 1 atom stereocenters. The molecule has 0 aromatic heterocycles. The van der Waals surface area contributed by atoms with Crippen LogP contribution < -0.4 is 5.32 Å². The van der Waals surface area contributed by atoms with Gasteiger partial charge in [0.25, 0.3) is 0 Å². The highest BCUT2D eigenvalue weighted by Gasteiger charge is 2.23. The highest BCUT2D eigenvalue weighted by atomic mass is 16.5. The second-order valence-electron chi connectivity index (χ2n) is 5.24. The van der Waals surface area contributed by atoms with Gasteiger partial charge in [0.1, 0.15) is 0 Å². The van der Waals surface area contributed by atoms with Crippen molar-refractivity contribution < 1.29 is 4.74 Å². The van der Waals surface area contributed by atoms with Crippen LogP contribution in [0.1, 0.15) is 24.5 Å². The van der Waals surface area contributed by atoms with Crippen LogP contribution in [-0.4, -0.2) is 37.2 Å². The topological polar surface area (TPSA) is 24.5 Å². The number of hydrogen-bond acceptors (Lipinski definition) is 3. The zero-order chi connectivity index (χ0) is 12.4. The fraction of sp³-hybridized carbons (Fsp3) is 0.600. The zero-order valence-corrected chi connectivity index (χ0v) is 11.1. The van der Waals surface area contributed by atoms with Gasteiger partial charge < -0.3 is 10.1 Å². The number of hydrogen-bond donors (Lipinski definition) is 1. The molecule has 1 aromatic carbocycles. The van der Waals surface area contributed by atoms with E-state index in [9.17, 15) is 0 Å². The first-order valence-electron chi connectivity index (χ1n) is 7.05. The predicted octanol–water partition coefficient (Wildman–Crippen LogP) is 2.27. The molecule has 3 nitrogen and oxygen atoms in total. The first-order chi connectivity index (χ1) is 8.88. The highest BCUT2D eigenvalue weighted by molar-refractivity contribution is 5.61. The van der Waals surface area contributed by atoms with Gasteiger partial charge >= 0.3 is 0 Å². The summed E-state index contributed by atoms with van der Waals surface area (Å²) in [6.07, 6.45) is 2.34. The van der Waals surface area contributed by atoms with Crippen molar-refractivity contribution >= 4 is 5.69 Å². The van der Waals surface area contributed by atoms with Gasteiger partial charge in [-0.1, -0.05) is 25.1 Å². The van der Waals surface area contributed by atoms with Crippen molar-refractivity contribution in [1.29, 1.82) is 0 Å². The lowest BCUT2D eigenvalue weighted by Crippen LogP contribution is -2.44. The van der Waals surface area contributed by atoms with E-state index in [1.807, 2.05) is 0 Å². The Morgan fingerprint density at radius 2 is 2.39 bits per heavy atom. The summed E-state index contributed by atoms with van der Waals surface area (Å²) in [4.78, 5) is 2.57. The minimum Gasteiger partial charge on any atom is -0.384 e. The van der Waals surface area contributed by atoms with Crippen LogP contribution in [0.4, 0.5) is 5.69 Å². The number of para-hydroxylation sites is 1. The standard InChI is InChI=1S/C15H22N2O/c1-2-14-11-18-9-8-17(14)10-13-5-3-4-12-6-7-16-15(12)13/h3-5,14,16H,2,6-11H2,1H3. The van der Waals surface area contributed by atoms with Gasteiger partial charge in [-0.2, -0.15) is 0 Å². The molecule has 98 valence electrons. The van der Waals surface area contributed by atoms with Crippen molar-refractivity contribution in [3.05, 3.63) is 29.3 Å². The van der Waals surface area contributed by atoms with E-state index in [0.717, 1.165) is 32.8 Å². The van der Waals surface area contributed by atoms with E-state index in [4.69, 9.17) is 4.74 Å². The lowest BCUT2D eigenvalue weighted by atomic mass is 10.1. The second-order valence-corrected chi connectivity index (χ2v) is 5.24. The number of morpholine rings is 1. The third kappa shape index (κ3) is 2.25. The third-order valence-corrected chi connectivity index (χ3v) is 4.13. The molecule has 0 spiro atoms. The van der Waals surface area contributed by atoms with Gasteiger partial charge in [0.05, 0.1) is 13.2 Å². The van der Waals surface area contributed by atoms with Gasteiger partial charge in [-0.25, -0.2) is 0 Å².